The van der Waals surface area contributed by atoms with E-state index in [1.165, 1.54) is 0 Å². The summed E-state index contributed by atoms with van der Waals surface area (Å²) in [4.78, 5) is 10.00. The Balaban J connectivity index is 3.65. The maximum atomic E-state index is 11.3. The van der Waals surface area contributed by atoms with Crippen LogP contribution in [0.1, 0.15) is 0 Å². The number of Topliss-reactive ketones (excluding diaryl/α,β-unsaturated/α-hetero) is 1. The number of carbonyl (C=O) groups is 1. The lowest BCUT2D eigenvalue weighted by Gasteiger charge is -1.95. The van der Waals surface area contributed by atoms with Crippen LogP contribution in [-0.4, -0.2) is 15.9 Å². The normalized spacial score (nSPS) is 10.8. The number of carbonyl (C=O) groups excluding carboxylic acids is 1. The summed E-state index contributed by atoms with van der Waals surface area (Å²) in [5.41, 5.74) is 0. The molecule has 0 aliphatic heterocycles. The van der Waals surface area contributed by atoms with Gasteiger partial charge in [-0.1, -0.05) is 31.9 Å². The Morgan fingerprint density at radius 3 is 1.75 bits per heavy atom. The highest BCUT2D eigenvalue weighted by atomic mass is 79.9. The first-order valence-corrected chi connectivity index (χ1v) is 3.49. The number of hydrogen-bond acceptors (Lipinski definition) is 1. The van der Waals surface area contributed by atoms with Crippen LogP contribution >= 0.6 is 31.9 Å². The summed E-state index contributed by atoms with van der Waals surface area (Å²) in [6, 6.07) is 0. The second-order valence-corrected chi connectivity index (χ2v) is 4.06. The first-order valence-electron chi connectivity index (χ1n) is 1.65. The van der Waals surface area contributed by atoms with Gasteiger partial charge < -0.3 is 0 Å². The van der Waals surface area contributed by atoms with Gasteiger partial charge in [-0.15, -0.1) is 0 Å². The summed E-state index contributed by atoms with van der Waals surface area (Å²) in [5.74, 6) is -1.15. The molecule has 0 fully saturated rings. The van der Waals surface area contributed by atoms with Gasteiger partial charge in [-0.2, -0.15) is 0 Å². The van der Waals surface area contributed by atoms with Crippen LogP contribution in [-0.2, 0) is 4.79 Å². The van der Waals surface area contributed by atoms with Crippen LogP contribution in [0, 0.1) is 0 Å². The van der Waals surface area contributed by atoms with Crippen molar-refractivity contribution in [3.05, 3.63) is 0 Å². The standard InChI is InChI=1S/C3H2Br2F2O/c4-2(5)1(8)3(6)7/h2-3H. The number of rotatable bonds is 2. The van der Waals surface area contributed by atoms with Crippen molar-refractivity contribution in [2.75, 3.05) is 0 Å². The third-order valence-corrected chi connectivity index (χ3v) is 1.33. The Labute approximate surface area is 61.7 Å². The van der Waals surface area contributed by atoms with E-state index < -0.39 is 15.9 Å². The van der Waals surface area contributed by atoms with Gasteiger partial charge >= 0.3 is 0 Å². The molecule has 0 rings (SSSR count). The second kappa shape index (κ2) is 3.50. The highest BCUT2D eigenvalue weighted by Gasteiger charge is 2.20. The van der Waals surface area contributed by atoms with Gasteiger partial charge in [-0.3, -0.25) is 4.79 Å². The average molecular weight is 252 g/mol. The van der Waals surface area contributed by atoms with Gasteiger partial charge in [0.2, 0.25) is 5.78 Å². The molecule has 8 heavy (non-hydrogen) atoms. The lowest BCUT2D eigenvalue weighted by Crippen LogP contribution is -2.16. The van der Waals surface area contributed by atoms with Crippen molar-refractivity contribution >= 4 is 37.6 Å². The molecular weight excluding hydrogens is 250 g/mol. The molecule has 0 aliphatic carbocycles. The van der Waals surface area contributed by atoms with Crippen molar-refractivity contribution in [1.29, 1.82) is 0 Å². The van der Waals surface area contributed by atoms with E-state index in [-0.39, 0.29) is 0 Å². The fraction of sp³-hybridized carbons (Fsp3) is 0.667. The summed E-state index contributed by atoms with van der Waals surface area (Å²) in [7, 11) is 0. The topological polar surface area (TPSA) is 17.1 Å². The van der Waals surface area contributed by atoms with E-state index in [0.717, 1.165) is 0 Å². The van der Waals surface area contributed by atoms with E-state index >= 15 is 0 Å². The Morgan fingerprint density at radius 2 is 1.75 bits per heavy atom. The van der Waals surface area contributed by atoms with Gasteiger partial charge in [0.1, 0.15) is 3.74 Å². The minimum absolute atomic E-state index is 0.921. The molecule has 0 unspecified atom stereocenters. The van der Waals surface area contributed by atoms with E-state index in [4.69, 9.17) is 0 Å². The Bertz CT molecular complexity index is 83.3. The molecule has 0 saturated carbocycles. The minimum Gasteiger partial charge on any atom is -0.291 e. The molecule has 0 saturated heterocycles. The van der Waals surface area contributed by atoms with Gasteiger partial charge in [-0.25, -0.2) is 8.78 Å². The summed E-state index contributed by atoms with van der Waals surface area (Å²) in [6.45, 7) is 0. The molecule has 1 nitrogen and oxygen atoms in total. The van der Waals surface area contributed by atoms with Gasteiger partial charge in [0.25, 0.3) is 6.43 Å². The van der Waals surface area contributed by atoms with Crippen LogP contribution < -0.4 is 0 Å². The fourth-order valence-corrected chi connectivity index (χ4v) is 0.495. The van der Waals surface area contributed by atoms with Crippen LogP contribution in [0.2, 0.25) is 0 Å². The number of halogens is 4. The van der Waals surface area contributed by atoms with Gasteiger partial charge in [0.05, 0.1) is 0 Å². The number of ketones is 1. The summed E-state index contributed by atoms with van der Waals surface area (Å²) >= 11 is 5.25. The molecule has 5 heteroatoms. The van der Waals surface area contributed by atoms with Crippen molar-refractivity contribution in [2.45, 2.75) is 10.2 Å². The molecule has 0 heterocycles. The van der Waals surface area contributed by atoms with Crippen LogP contribution in [0.25, 0.3) is 0 Å². The van der Waals surface area contributed by atoms with Crippen molar-refractivity contribution < 1.29 is 13.6 Å². The van der Waals surface area contributed by atoms with Crippen LogP contribution in [0.5, 0.6) is 0 Å². The minimum atomic E-state index is -2.89. The molecule has 0 atom stereocenters. The SMILES string of the molecule is O=C(C(F)F)C(Br)Br. The van der Waals surface area contributed by atoms with Crippen molar-refractivity contribution in [1.82, 2.24) is 0 Å². The summed E-state index contributed by atoms with van der Waals surface area (Å²) in [5, 5.41) is 0. The lowest BCUT2D eigenvalue weighted by molar-refractivity contribution is -0.127. The van der Waals surface area contributed by atoms with Gasteiger partial charge in [0, 0.05) is 0 Å². The molecule has 0 N–H and O–H groups in total. The Hall–Kier alpha value is 0.490. The van der Waals surface area contributed by atoms with Gasteiger partial charge in [-0.05, 0) is 0 Å². The Kier molecular flexibility index (Phi) is 3.72. The average Bonchev–Trinajstić information content (AvgIpc) is 1.64. The van der Waals surface area contributed by atoms with Crippen LogP contribution in [0.3, 0.4) is 0 Å². The number of hydrogen-bond donors (Lipinski definition) is 0. The van der Waals surface area contributed by atoms with Crippen molar-refractivity contribution in [2.24, 2.45) is 0 Å². The molecule has 0 aromatic heterocycles. The molecule has 0 aromatic rings. The first kappa shape index (κ1) is 8.49. The predicted molar refractivity (Wildman–Crippen MR) is 32.7 cm³/mol. The quantitative estimate of drug-likeness (QED) is 0.686. The van der Waals surface area contributed by atoms with Crippen LogP contribution in [0.15, 0.2) is 0 Å². The molecular formula is C3H2Br2F2O. The molecule has 0 aromatic carbocycles. The van der Waals surface area contributed by atoms with E-state index in [1.54, 1.807) is 0 Å². The highest BCUT2D eigenvalue weighted by molar-refractivity contribution is 9.25. The molecule has 0 bridgehead atoms. The third kappa shape index (κ3) is 2.71. The van der Waals surface area contributed by atoms with Crippen LogP contribution in [0.4, 0.5) is 8.78 Å². The maximum Gasteiger partial charge on any atom is 0.298 e. The highest BCUT2D eigenvalue weighted by Crippen LogP contribution is 2.13. The van der Waals surface area contributed by atoms with E-state index in [1.807, 2.05) is 0 Å². The van der Waals surface area contributed by atoms with E-state index in [0.29, 0.717) is 0 Å². The zero-order chi connectivity index (χ0) is 6.73. The molecule has 0 aliphatic rings. The molecule has 0 amide bonds. The van der Waals surface area contributed by atoms with E-state index in [9.17, 15) is 13.6 Å². The maximum absolute atomic E-state index is 11.3. The summed E-state index contributed by atoms with van der Waals surface area (Å²) < 4.78 is 21.6. The Morgan fingerprint density at radius 1 is 1.38 bits per heavy atom. The second-order valence-electron chi connectivity index (χ2n) is 1.00. The van der Waals surface area contributed by atoms with E-state index in [2.05, 4.69) is 31.9 Å². The van der Waals surface area contributed by atoms with Crippen molar-refractivity contribution in [3.63, 3.8) is 0 Å². The largest absolute Gasteiger partial charge is 0.298 e. The monoisotopic (exact) mass is 250 g/mol. The molecule has 0 radical (unpaired) electrons. The fourth-order valence-electron chi connectivity index (χ4n) is 0.0952. The third-order valence-electron chi connectivity index (χ3n) is 0.430. The first-order chi connectivity index (χ1) is 3.55. The number of alkyl halides is 4. The zero-order valence-corrected chi connectivity index (χ0v) is 6.75. The zero-order valence-electron chi connectivity index (χ0n) is 3.57. The predicted octanol–water partition coefficient (Wildman–Crippen LogP) is 1.94. The van der Waals surface area contributed by atoms with Gasteiger partial charge in [0.15, 0.2) is 0 Å². The summed E-state index contributed by atoms with van der Waals surface area (Å²) in [6.07, 6.45) is -2.89. The smallest absolute Gasteiger partial charge is 0.291 e. The molecule has 48 valence electrons. The molecule has 0 spiro atoms. The van der Waals surface area contributed by atoms with Crippen molar-refractivity contribution in [3.8, 4) is 0 Å². The lowest BCUT2D eigenvalue weighted by atomic mass is 10.5.